The molecule has 2 unspecified atom stereocenters. The molecule has 0 radical (unpaired) electrons. The van der Waals surface area contributed by atoms with Gasteiger partial charge >= 0.3 is 5.97 Å². The summed E-state index contributed by atoms with van der Waals surface area (Å²) < 4.78 is 4.26. The van der Waals surface area contributed by atoms with E-state index >= 15 is 0 Å². The van der Waals surface area contributed by atoms with Crippen molar-refractivity contribution in [2.24, 2.45) is 0 Å². The lowest BCUT2D eigenvalue weighted by Gasteiger charge is -2.14. The summed E-state index contributed by atoms with van der Waals surface area (Å²) >= 11 is 5.43. The van der Waals surface area contributed by atoms with Gasteiger partial charge in [-0.2, -0.15) is 0 Å². The Morgan fingerprint density at radius 2 is 2.00 bits per heavy atom. The topological polar surface area (TPSA) is 92.5 Å². The zero-order chi connectivity index (χ0) is 11.4. The van der Waals surface area contributed by atoms with Crippen molar-refractivity contribution in [1.29, 1.82) is 0 Å². The van der Waals surface area contributed by atoms with Gasteiger partial charge in [-0.3, -0.25) is 0 Å². The van der Waals surface area contributed by atoms with Crippen molar-refractivity contribution in [3.8, 4) is 0 Å². The van der Waals surface area contributed by atoms with E-state index in [-0.39, 0.29) is 10.8 Å². The third-order valence-corrected chi connectivity index (χ3v) is 1.92. The molecule has 0 aliphatic carbocycles. The predicted molar refractivity (Wildman–Crippen MR) is 50.0 cm³/mol. The fourth-order valence-electron chi connectivity index (χ4n) is 0.907. The number of aliphatic hydroxyl groups is 2. The van der Waals surface area contributed by atoms with Gasteiger partial charge in [0.15, 0.2) is 6.10 Å². The van der Waals surface area contributed by atoms with Crippen molar-refractivity contribution < 1.29 is 19.7 Å². The van der Waals surface area contributed by atoms with Crippen molar-refractivity contribution in [1.82, 2.24) is 9.97 Å². The van der Waals surface area contributed by atoms with Crippen LogP contribution in [0.15, 0.2) is 12.4 Å². The quantitative estimate of drug-likeness (QED) is 0.549. The van der Waals surface area contributed by atoms with Crippen LogP contribution in [0.1, 0.15) is 11.7 Å². The molecule has 0 amide bonds. The largest absolute Gasteiger partial charge is 0.467 e. The Morgan fingerprint density at radius 1 is 1.47 bits per heavy atom. The van der Waals surface area contributed by atoms with Crippen molar-refractivity contribution in [3.63, 3.8) is 0 Å². The maximum atomic E-state index is 10.9. The third kappa shape index (κ3) is 2.85. The van der Waals surface area contributed by atoms with Gasteiger partial charge < -0.3 is 14.9 Å². The summed E-state index contributed by atoms with van der Waals surface area (Å²) in [5.74, 6) is -0.933. The van der Waals surface area contributed by atoms with E-state index < -0.39 is 18.2 Å². The highest BCUT2D eigenvalue weighted by atomic mass is 35.5. The van der Waals surface area contributed by atoms with E-state index in [9.17, 15) is 15.0 Å². The van der Waals surface area contributed by atoms with Gasteiger partial charge in [0.1, 0.15) is 6.10 Å². The lowest BCUT2D eigenvalue weighted by molar-refractivity contribution is -0.156. The second kappa shape index (κ2) is 5.01. The Balaban J connectivity index is 2.80. The molecule has 1 aromatic rings. The SMILES string of the molecule is COC(=O)C(O)C(O)c1cnc(Cl)nc1. The predicted octanol–water partition coefficient (Wildman–Crippen LogP) is -0.303. The molecule has 82 valence electrons. The number of aromatic nitrogens is 2. The summed E-state index contributed by atoms with van der Waals surface area (Å²) in [5, 5.41) is 18.8. The number of rotatable bonds is 3. The number of carbonyl (C=O) groups excluding carboxylic acids is 1. The van der Waals surface area contributed by atoms with Gasteiger partial charge in [0, 0.05) is 18.0 Å². The van der Waals surface area contributed by atoms with Gasteiger partial charge in [-0.25, -0.2) is 14.8 Å². The third-order valence-electron chi connectivity index (χ3n) is 1.72. The second-order valence-electron chi connectivity index (χ2n) is 2.70. The number of halogens is 1. The van der Waals surface area contributed by atoms with Gasteiger partial charge in [0.2, 0.25) is 5.28 Å². The molecular formula is C8H9ClN2O4. The summed E-state index contributed by atoms with van der Waals surface area (Å²) in [4.78, 5) is 18.1. The van der Waals surface area contributed by atoms with E-state index in [1.165, 1.54) is 12.4 Å². The molecule has 1 aromatic heterocycles. The smallest absolute Gasteiger partial charge is 0.337 e. The van der Waals surface area contributed by atoms with Gasteiger partial charge in [-0.05, 0) is 11.6 Å². The maximum absolute atomic E-state index is 10.9. The minimum Gasteiger partial charge on any atom is -0.467 e. The van der Waals surface area contributed by atoms with Crippen LogP contribution in [0.4, 0.5) is 0 Å². The van der Waals surface area contributed by atoms with Crippen molar-refractivity contribution >= 4 is 17.6 Å². The fourth-order valence-corrected chi connectivity index (χ4v) is 1.00. The number of carbonyl (C=O) groups is 1. The van der Waals surface area contributed by atoms with Crippen LogP contribution in [-0.2, 0) is 9.53 Å². The summed E-state index contributed by atoms with van der Waals surface area (Å²) in [6.07, 6.45) is -0.673. The van der Waals surface area contributed by atoms with Crippen LogP contribution in [0.5, 0.6) is 0 Å². The summed E-state index contributed by atoms with van der Waals surface area (Å²) in [6, 6.07) is 0. The lowest BCUT2D eigenvalue weighted by Crippen LogP contribution is -2.29. The summed E-state index contributed by atoms with van der Waals surface area (Å²) in [5.41, 5.74) is 0.178. The first-order valence-corrected chi connectivity index (χ1v) is 4.35. The molecule has 0 bridgehead atoms. The summed E-state index contributed by atoms with van der Waals surface area (Å²) in [6.45, 7) is 0. The van der Waals surface area contributed by atoms with Gasteiger partial charge in [0.05, 0.1) is 7.11 Å². The molecule has 2 N–H and O–H groups in total. The molecule has 0 aliphatic rings. The van der Waals surface area contributed by atoms with E-state index in [0.717, 1.165) is 7.11 Å². The van der Waals surface area contributed by atoms with Gasteiger partial charge in [-0.15, -0.1) is 0 Å². The molecule has 0 fully saturated rings. The number of hydrogen-bond donors (Lipinski definition) is 2. The van der Waals surface area contributed by atoms with Crippen LogP contribution < -0.4 is 0 Å². The number of aliphatic hydroxyl groups excluding tert-OH is 2. The lowest BCUT2D eigenvalue weighted by atomic mass is 10.1. The Morgan fingerprint density at radius 3 is 2.47 bits per heavy atom. The fraction of sp³-hybridized carbons (Fsp3) is 0.375. The minimum atomic E-state index is -1.67. The van der Waals surface area contributed by atoms with Crippen LogP contribution in [0.25, 0.3) is 0 Å². The Labute approximate surface area is 90.5 Å². The normalized spacial score (nSPS) is 14.4. The molecule has 2 atom stereocenters. The number of methoxy groups -OCH3 is 1. The first kappa shape index (κ1) is 11.8. The molecule has 6 nitrogen and oxygen atoms in total. The van der Waals surface area contributed by atoms with E-state index in [4.69, 9.17) is 11.6 Å². The molecule has 7 heteroatoms. The number of esters is 1. The average molecular weight is 233 g/mol. The van der Waals surface area contributed by atoms with Crippen LogP contribution in [-0.4, -0.2) is 39.4 Å². The van der Waals surface area contributed by atoms with E-state index in [2.05, 4.69) is 14.7 Å². The zero-order valence-corrected chi connectivity index (χ0v) is 8.55. The molecule has 1 rings (SSSR count). The van der Waals surface area contributed by atoms with Crippen molar-refractivity contribution in [3.05, 3.63) is 23.2 Å². The first-order chi connectivity index (χ1) is 7.06. The molecule has 0 aromatic carbocycles. The first-order valence-electron chi connectivity index (χ1n) is 3.97. The molecule has 0 saturated carbocycles. The number of ether oxygens (including phenoxy) is 1. The average Bonchev–Trinajstić information content (AvgIpc) is 2.27. The minimum absolute atomic E-state index is 0.0125. The van der Waals surface area contributed by atoms with E-state index in [1.54, 1.807) is 0 Å². The van der Waals surface area contributed by atoms with Gasteiger partial charge in [0.25, 0.3) is 0 Å². The van der Waals surface area contributed by atoms with Crippen molar-refractivity contribution in [2.45, 2.75) is 12.2 Å². The Kier molecular flexibility index (Phi) is 3.96. The molecule has 15 heavy (non-hydrogen) atoms. The maximum Gasteiger partial charge on any atom is 0.337 e. The zero-order valence-electron chi connectivity index (χ0n) is 7.79. The highest BCUT2D eigenvalue weighted by Gasteiger charge is 2.26. The van der Waals surface area contributed by atoms with Crippen molar-refractivity contribution in [2.75, 3.05) is 7.11 Å². The number of nitrogens with zero attached hydrogens (tertiary/aromatic N) is 2. The van der Waals surface area contributed by atoms with Crippen LogP contribution in [0, 0.1) is 0 Å². The highest BCUT2D eigenvalue weighted by Crippen LogP contribution is 2.16. The number of hydrogen-bond acceptors (Lipinski definition) is 6. The molecule has 1 heterocycles. The van der Waals surface area contributed by atoms with E-state index in [0.29, 0.717) is 0 Å². The standard InChI is InChI=1S/C8H9ClN2O4/c1-15-7(14)6(13)5(12)4-2-10-8(9)11-3-4/h2-3,5-6,12-13H,1H3. The van der Waals surface area contributed by atoms with Gasteiger partial charge in [-0.1, -0.05) is 0 Å². The summed E-state index contributed by atoms with van der Waals surface area (Å²) in [7, 11) is 1.11. The monoisotopic (exact) mass is 232 g/mol. The molecule has 0 saturated heterocycles. The van der Waals surface area contributed by atoms with E-state index in [1.807, 2.05) is 0 Å². The molecule has 0 aliphatic heterocycles. The molecule has 0 spiro atoms. The van der Waals surface area contributed by atoms with Crippen LogP contribution in [0.3, 0.4) is 0 Å². The molecular weight excluding hydrogens is 224 g/mol. The van der Waals surface area contributed by atoms with Crippen LogP contribution >= 0.6 is 11.6 Å². The second-order valence-corrected chi connectivity index (χ2v) is 3.04. The Hall–Kier alpha value is -1.24. The highest BCUT2D eigenvalue weighted by molar-refractivity contribution is 6.28. The van der Waals surface area contributed by atoms with Crippen LogP contribution in [0.2, 0.25) is 5.28 Å². The Bertz CT molecular complexity index is 343.